The minimum absolute atomic E-state index is 0.877. The second-order valence-electron chi connectivity index (χ2n) is 14.5. The minimum Gasteiger partial charge on any atom is -0.456 e. The van der Waals surface area contributed by atoms with Gasteiger partial charge in [-0.25, -0.2) is 0 Å². The van der Waals surface area contributed by atoms with Gasteiger partial charge in [0.1, 0.15) is 11.2 Å². The summed E-state index contributed by atoms with van der Waals surface area (Å²) in [6.45, 7) is 0. The third-order valence-electron chi connectivity index (χ3n) is 11.2. The predicted molar refractivity (Wildman–Crippen MR) is 239 cm³/mol. The van der Waals surface area contributed by atoms with Crippen LogP contribution in [0.25, 0.3) is 82.8 Å². The Balaban J connectivity index is 1.02. The summed E-state index contributed by atoms with van der Waals surface area (Å²) in [6, 6.07) is 77.9. The Kier molecular flexibility index (Phi) is 7.82. The zero-order chi connectivity index (χ0) is 37.7. The minimum atomic E-state index is 0.877. The molecule has 0 bridgehead atoms. The summed E-state index contributed by atoms with van der Waals surface area (Å²) in [5.41, 5.74) is 15.5. The molecule has 0 saturated heterocycles. The van der Waals surface area contributed by atoms with Gasteiger partial charge in [0.25, 0.3) is 0 Å². The molecule has 0 aliphatic heterocycles. The van der Waals surface area contributed by atoms with Crippen LogP contribution in [0.5, 0.6) is 0 Å². The molecular weight excluding hydrogens is 693 g/mol. The van der Waals surface area contributed by atoms with Crippen molar-refractivity contribution in [3.63, 3.8) is 0 Å². The molecule has 0 amide bonds. The lowest BCUT2D eigenvalue weighted by Gasteiger charge is -2.26. The number of aromatic nitrogens is 1. The Morgan fingerprint density at radius 1 is 0.316 bits per heavy atom. The maximum absolute atomic E-state index is 6.68. The van der Waals surface area contributed by atoms with E-state index in [1.807, 2.05) is 0 Å². The molecule has 0 aliphatic rings. The molecule has 2 aromatic heterocycles. The summed E-state index contributed by atoms with van der Waals surface area (Å²) < 4.78 is 9.04. The maximum atomic E-state index is 6.68. The Morgan fingerprint density at radius 3 is 1.53 bits per heavy atom. The fourth-order valence-electron chi connectivity index (χ4n) is 8.50. The first kappa shape index (κ1) is 32.8. The molecule has 0 radical (unpaired) electrons. The molecule has 0 N–H and O–H groups in total. The molecule has 3 heteroatoms. The van der Waals surface area contributed by atoms with Gasteiger partial charge in [-0.05, 0) is 112 Å². The van der Waals surface area contributed by atoms with E-state index >= 15 is 0 Å². The highest BCUT2D eigenvalue weighted by Gasteiger charge is 2.20. The molecule has 0 aliphatic carbocycles. The SMILES string of the molecule is c1ccc(-c2ccc(N(c3ccc(-c4ccccc4)cc3)c3cccc(-c4ccc5c(c4)oc4ccc6c(c7ccccc7n6-c6ccccc6)c45)c3)cc2)cc1. The van der Waals surface area contributed by atoms with E-state index in [0.29, 0.717) is 0 Å². The molecule has 268 valence electrons. The number of furan rings is 1. The molecule has 11 aromatic rings. The number of hydrogen-bond donors (Lipinski definition) is 0. The summed E-state index contributed by atoms with van der Waals surface area (Å²) in [5.74, 6) is 0. The summed E-state index contributed by atoms with van der Waals surface area (Å²) in [6.07, 6.45) is 0. The van der Waals surface area contributed by atoms with Gasteiger partial charge in [0.15, 0.2) is 0 Å². The fraction of sp³-hybridized carbons (Fsp3) is 0. The third kappa shape index (κ3) is 5.68. The summed E-state index contributed by atoms with van der Waals surface area (Å²) >= 11 is 0. The Bertz CT molecular complexity index is 3120. The lowest BCUT2D eigenvalue weighted by molar-refractivity contribution is 0.669. The second-order valence-corrected chi connectivity index (χ2v) is 14.5. The highest BCUT2D eigenvalue weighted by molar-refractivity contribution is 6.27. The standard InChI is InChI=1S/C54H36N2O/c1-4-13-37(14-5-1)39-23-28-44(29-24-39)55(45-30-25-40(26-31-45)38-15-6-2-7-16-38)46-20-12-17-41(35-46)42-27-32-48-52(36-42)57-51-34-33-50-53(54(48)51)47-21-10-11-22-49(47)56(50)43-18-8-3-9-19-43/h1-36H. The number of rotatable bonds is 7. The average Bonchev–Trinajstić information content (AvgIpc) is 3.83. The van der Waals surface area contributed by atoms with Gasteiger partial charge in [-0.2, -0.15) is 0 Å². The van der Waals surface area contributed by atoms with Crippen LogP contribution in [0.2, 0.25) is 0 Å². The molecule has 2 heterocycles. The van der Waals surface area contributed by atoms with Gasteiger partial charge in [0, 0.05) is 44.3 Å². The van der Waals surface area contributed by atoms with Crippen molar-refractivity contribution in [2.45, 2.75) is 0 Å². The number of para-hydroxylation sites is 2. The molecular formula is C54H36N2O. The topological polar surface area (TPSA) is 21.3 Å². The Hall–Kier alpha value is -7.62. The number of benzene rings is 9. The van der Waals surface area contributed by atoms with E-state index in [1.165, 1.54) is 44.1 Å². The van der Waals surface area contributed by atoms with Gasteiger partial charge >= 0.3 is 0 Å². The van der Waals surface area contributed by atoms with Crippen LogP contribution in [0.4, 0.5) is 17.1 Å². The van der Waals surface area contributed by atoms with E-state index in [1.54, 1.807) is 0 Å². The Labute approximate surface area is 330 Å². The summed E-state index contributed by atoms with van der Waals surface area (Å²) in [4.78, 5) is 2.34. The molecule has 0 fully saturated rings. The van der Waals surface area contributed by atoms with Crippen molar-refractivity contribution >= 4 is 60.8 Å². The van der Waals surface area contributed by atoms with Gasteiger partial charge in [-0.3, -0.25) is 0 Å². The lowest BCUT2D eigenvalue weighted by atomic mass is 10.0. The van der Waals surface area contributed by atoms with Crippen LogP contribution in [-0.4, -0.2) is 4.57 Å². The summed E-state index contributed by atoms with van der Waals surface area (Å²) in [5, 5.41) is 4.70. The number of fused-ring (bicyclic) bond motifs is 7. The van der Waals surface area contributed by atoms with E-state index in [9.17, 15) is 0 Å². The van der Waals surface area contributed by atoms with Gasteiger partial charge in [-0.15, -0.1) is 0 Å². The van der Waals surface area contributed by atoms with Crippen molar-refractivity contribution < 1.29 is 4.42 Å². The van der Waals surface area contributed by atoms with Crippen LogP contribution in [0.1, 0.15) is 0 Å². The van der Waals surface area contributed by atoms with E-state index in [-0.39, 0.29) is 0 Å². The molecule has 57 heavy (non-hydrogen) atoms. The second kappa shape index (κ2) is 13.6. The lowest BCUT2D eigenvalue weighted by Crippen LogP contribution is -2.10. The monoisotopic (exact) mass is 728 g/mol. The van der Waals surface area contributed by atoms with E-state index in [4.69, 9.17) is 4.42 Å². The van der Waals surface area contributed by atoms with Crippen LogP contribution >= 0.6 is 0 Å². The molecule has 9 aromatic carbocycles. The molecule has 11 rings (SSSR count). The molecule has 0 unspecified atom stereocenters. The van der Waals surface area contributed by atoms with Crippen LogP contribution in [0.15, 0.2) is 223 Å². The van der Waals surface area contributed by atoms with Gasteiger partial charge in [0.2, 0.25) is 0 Å². The molecule has 0 atom stereocenters. The van der Waals surface area contributed by atoms with Crippen molar-refractivity contribution in [3.05, 3.63) is 218 Å². The van der Waals surface area contributed by atoms with Gasteiger partial charge in [0.05, 0.1) is 11.0 Å². The maximum Gasteiger partial charge on any atom is 0.136 e. The number of anilines is 3. The van der Waals surface area contributed by atoms with Gasteiger partial charge < -0.3 is 13.9 Å². The molecule has 0 saturated carbocycles. The molecule has 0 spiro atoms. The number of nitrogens with zero attached hydrogens (tertiary/aromatic N) is 2. The predicted octanol–water partition coefficient (Wildman–Crippen LogP) is 15.2. The quantitative estimate of drug-likeness (QED) is 0.163. The molecule has 3 nitrogen and oxygen atoms in total. The van der Waals surface area contributed by atoms with Crippen molar-refractivity contribution in [2.24, 2.45) is 0 Å². The first-order valence-electron chi connectivity index (χ1n) is 19.4. The van der Waals surface area contributed by atoms with Gasteiger partial charge in [-0.1, -0.05) is 140 Å². The highest BCUT2D eigenvalue weighted by atomic mass is 16.3. The first-order chi connectivity index (χ1) is 28.3. The van der Waals surface area contributed by atoms with E-state index in [0.717, 1.165) is 55.8 Å². The van der Waals surface area contributed by atoms with Crippen LogP contribution in [-0.2, 0) is 0 Å². The highest BCUT2D eigenvalue weighted by Crippen LogP contribution is 2.43. The van der Waals surface area contributed by atoms with Crippen molar-refractivity contribution in [3.8, 4) is 39.1 Å². The van der Waals surface area contributed by atoms with Crippen molar-refractivity contribution in [1.29, 1.82) is 0 Å². The smallest absolute Gasteiger partial charge is 0.136 e. The number of hydrogen-bond acceptors (Lipinski definition) is 2. The zero-order valence-electron chi connectivity index (χ0n) is 31.1. The largest absolute Gasteiger partial charge is 0.456 e. The van der Waals surface area contributed by atoms with Crippen LogP contribution in [0.3, 0.4) is 0 Å². The van der Waals surface area contributed by atoms with Crippen molar-refractivity contribution in [1.82, 2.24) is 4.57 Å². The first-order valence-corrected chi connectivity index (χ1v) is 19.4. The van der Waals surface area contributed by atoms with Crippen LogP contribution in [0, 0.1) is 0 Å². The normalized spacial score (nSPS) is 11.5. The van der Waals surface area contributed by atoms with Crippen molar-refractivity contribution in [2.75, 3.05) is 4.90 Å². The Morgan fingerprint density at radius 2 is 0.860 bits per heavy atom. The van der Waals surface area contributed by atoms with Crippen LogP contribution < -0.4 is 4.90 Å². The fourth-order valence-corrected chi connectivity index (χ4v) is 8.50. The van der Waals surface area contributed by atoms with E-state index < -0.39 is 0 Å². The van der Waals surface area contributed by atoms with E-state index in [2.05, 4.69) is 228 Å². The summed E-state index contributed by atoms with van der Waals surface area (Å²) in [7, 11) is 0. The third-order valence-corrected chi connectivity index (χ3v) is 11.2. The zero-order valence-corrected chi connectivity index (χ0v) is 31.1. The average molecular weight is 729 g/mol.